The number of rotatable bonds is 8. The Morgan fingerprint density at radius 1 is 1.00 bits per heavy atom. The van der Waals surface area contributed by atoms with Crippen LogP contribution < -0.4 is 5.32 Å². The van der Waals surface area contributed by atoms with Gasteiger partial charge in [-0.3, -0.25) is 19.3 Å². The first-order chi connectivity index (χ1) is 13.5. The summed E-state index contributed by atoms with van der Waals surface area (Å²) in [6.45, 7) is 5.69. The smallest absolute Gasteiger partial charge is 0.277 e. The van der Waals surface area contributed by atoms with E-state index in [2.05, 4.69) is 17.1 Å². The Balaban J connectivity index is 1.88. The number of hydrogen-bond donors (Lipinski definition) is 1. The van der Waals surface area contributed by atoms with Gasteiger partial charge in [0.05, 0.1) is 5.57 Å². The molecular weight excluding hydrogens is 354 g/mol. The average molecular weight is 383 g/mol. The summed E-state index contributed by atoms with van der Waals surface area (Å²) in [5.41, 5.74) is 2.44. The third-order valence-corrected chi connectivity index (χ3v) is 5.30. The highest BCUT2D eigenvalue weighted by molar-refractivity contribution is 6.35. The van der Waals surface area contributed by atoms with E-state index in [9.17, 15) is 14.4 Å². The fourth-order valence-electron chi connectivity index (χ4n) is 3.88. The van der Waals surface area contributed by atoms with Crippen LogP contribution in [0, 0.1) is 0 Å². The van der Waals surface area contributed by atoms with E-state index in [1.54, 1.807) is 12.1 Å². The van der Waals surface area contributed by atoms with Crippen molar-refractivity contribution in [1.82, 2.24) is 9.80 Å². The van der Waals surface area contributed by atoms with E-state index in [1.807, 2.05) is 12.1 Å². The lowest BCUT2D eigenvalue weighted by Crippen LogP contribution is -2.35. The molecule has 0 aliphatic carbocycles. The van der Waals surface area contributed by atoms with E-state index in [4.69, 9.17) is 0 Å². The molecule has 0 radical (unpaired) electrons. The van der Waals surface area contributed by atoms with Gasteiger partial charge in [0, 0.05) is 32.2 Å². The predicted molar refractivity (Wildman–Crippen MR) is 109 cm³/mol. The molecule has 2 heterocycles. The van der Waals surface area contributed by atoms with Crippen LogP contribution in [-0.2, 0) is 14.4 Å². The van der Waals surface area contributed by atoms with Crippen LogP contribution in [0.25, 0.3) is 5.57 Å². The molecule has 150 valence electrons. The molecule has 2 aliphatic rings. The minimum absolute atomic E-state index is 0.143. The van der Waals surface area contributed by atoms with Gasteiger partial charge in [0.2, 0.25) is 5.91 Å². The molecule has 0 spiro atoms. The van der Waals surface area contributed by atoms with Gasteiger partial charge < -0.3 is 10.2 Å². The normalized spacial score (nSPS) is 17.1. The summed E-state index contributed by atoms with van der Waals surface area (Å²) in [7, 11) is 0. The van der Waals surface area contributed by atoms with Crippen LogP contribution in [0.1, 0.15) is 57.9 Å². The summed E-state index contributed by atoms with van der Waals surface area (Å²) in [6, 6.07) is 7.16. The number of hydrogen-bond acceptors (Lipinski definition) is 4. The Kier molecular flexibility index (Phi) is 6.49. The average Bonchev–Trinajstić information content (AvgIpc) is 3.27. The first-order valence-electron chi connectivity index (χ1n) is 10.3. The fourth-order valence-corrected chi connectivity index (χ4v) is 3.88. The molecule has 28 heavy (non-hydrogen) atoms. The number of likely N-dealkylation sites (tertiary alicyclic amines) is 1. The molecule has 2 aliphatic heterocycles. The number of benzene rings is 1. The SMILES string of the molecule is CCCCCCN1C(=O)C(c2ccc(NC(C)=O)cc2)=C(N2CCCC2)C1=O. The summed E-state index contributed by atoms with van der Waals surface area (Å²) >= 11 is 0. The minimum atomic E-state index is -0.198. The first kappa shape index (κ1) is 20.1. The Morgan fingerprint density at radius 3 is 2.29 bits per heavy atom. The van der Waals surface area contributed by atoms with Gasteiger partial charge in [0.1, 0.15) is 5.70 Å². The van der Waals surface area contributed by atoms with Crippen molar-refractivity contribution in [1.29, 1.82) is 0 Å². The van der Waals surface area contributed by atoms with Crippen LogP contribution in [0.5, 0.6) is 0 Å². The molecule has 1 saturated heterocycles. The van der Waals surface area contributed by atoms with E-state index < -0.39 is 0 Å². The zero-order valence-electron chi connectivity index (χ0n) is 16.8. The second kappa shape index (κ2) is 9.04. The van der Waals surface area contributed by atoms with Crippen LogP contribution in [0.4, 0.5) is 5.69 Å². The molecule has 3 rings (SSSR count). The van der Waals surface area contributed by atoms with Crippen molar-refractivity contribution in [2.75, 3.05) is 25.0 Å². The first-order valence-corrected chi connectivity index (χ1v) is 10.3. The second-order valence-corrected chi connectivity index (χ2v) is 7.50. The molecule has 0 unspecified atom stereocenters. The van der Waals surface area contributed by atoms with Crippen molar-refractivity contribution in [2.45, 2.75) is 52.4 Å². The molecule has 6 heteroatoms. The van der Waals surface area contributed by atoms with E-state index >= 15 is 0 Å². The quantitative estimate of drug-likeness (QED) is 0.552. The maximum absolute atomic E-state index is 13.2. The monoisotopic (exact) mass is 383 g/mol. The maximum atomic E-state index is 13.2. The lowest BCUT2D eigenvalue weighted by atomic mass is 10.0. The lowest BCUT2D eigenvalue weighted by Gasteiger charge is -2.20. The van der Waals surface area contributed by atoms with Gasteiger partial charge in [-0.25, -0.2) is 0 Å². The highest BCUT2D eigenvalue weighted by Gasteiger charge is 2.41. The molecule has 1 aromatic carbocycles. The molecular formula is C22H29N3O3. The molecule has 0 saturated carbocycles. The Morgan fingerprint density at radius 2 is 1.68 bits per heavy atom. The van der Waals surface area contributed by atoms with Crippen LogP contribution in [0.15, 0.2) is 30.0 Å². The van der Waals surface area contributed by atoms with Gasteiger partial charge in [-0.15, -0.1) is 0 Å². The highest BCUT2D eigenvalue weighted by Crippen LogP contribution is 2.34. The number of amides is 3. The van der Waals surface area contributed by atoms with Crippen molar-refractivity contribution in [2.24, 2.45) is 0 Å². The minimum Gasteiger partial charge on any atom is -0.366 e. The molecule has 0 bridgehead atoms. The number of nitrogens with one attached hydrogen (secondary N) is 1. The van der Waals surface area contributed by atoms with Crippen molar-refractivity contribution < 1.29 is 14.4 Å². The van der Waals surface area contributed by atoms with E-state index in [1.165, 1.54) is 11.8 Å². The number of unbranched alkanes of at least 4 members (excludes halogenated alkanes) is 3. The van der Waals surface area contributed by atoms with Crippen LogP contribution in [0.2, 0.25) is 0 Å². The molecule has 1 fully saturated rings. The number of carbonyl (C=O) groups is 3. The standard InChI is InChI=1S/C22H29N3O3/c1-3-4-5-6-15-25-21(27)19(20(22(25)28)24-13-7-8-14-24)17-9-11-18(12-10-17)23-16(2)26/h9-12H,3-8,13-15H2,1-2H3,(H,23,26). The van der Waals surface area contributed by atoms with Gasteiger partial charge >= 0.3 is 0 Å². The lowest BCUT2D eigenvalue weighted by molar-refractivity contribution is -0.137. The second-order valence-electron chi connectivity index (χ2n) is 7.50. The van der Waals surface area contributed by atoms with Gasteiger partial charge in [0.15, 0.2) is 0 Å². The van der Waals surface area contributed by atoms with Gasteiger partial charge in [0.25, 0.3) is 11.8 Å². The summed E-state index contributed by atoms with van der Waals surface area (Å²) in [4.78, 5) is 41.0. The molecule has 0 aromatic heterocycles. The fraction of sp³-hybridized carbons (Fsp3) is 0.500. The number of nitrogens with zero attached hydrogens (tertiary/aromatic N) is 2. The summed E-state index contributed by atoms with van der Waals surface area (Å²) in [5.74, 6) is -0.505. The Bertz CT molecular complexity index is 777. The van der Waals surface area contributed by atoms with Gasteiger partial charge in [-0.2, -0.15) is 0 Å². The largest absolute Gasteiger partial charge is 0.366 e. The maximum Gasteiger partial charge on any atom is 0.277 e. The zero-order chi connectivity index (χ0) is 20.1. The third-order valence-electron chi connectivity index (χ3n) is 5.30. The predicted octanol–water partition coefficient (Wildman–Crippen LogP) is 3.40. The Labute approximate surface area is 166 Å². The molecule has 3 amide bonds. The zero-order valence-corrected chi connectivity index (χ0v) is 16.8. The molecule has 6 nitrogen and oxygen atoms in total. The van der Waals surface area contributed by atoms with Gasteiger partial charge in [-0.05, 0) is 37.0 Å². The van der Waals surface area contributed by atoms with Crippen LogP contribution >= 0.6 is 0 Å². The Hall–Kier alpha value is -2.63. The molecule has 1 N–H and O–H groups in total. The van der Waals surface area contributed by atoms with E-state index in [-0.39, 0.29) is 17.7 Å². The third kappa shape index (κ3) is 4.26. The summed E-state index contributed by atoms with van der Waals surface area (Å²) < 4.78 is 0. The topological polar surface area (TPSA) is 69.7 Å². The van der Waals surface area contributed by atoms with Crippen molar-refractivity contribution >= 4 is 29.0 Å². The summed E-state index contributed by atoms with van der Waals surface area (Å²) in [6.07, 6.45) is 6.16. The highest BCUT2D eigenvalue weighted by atomic mass is 16.2. The van der Waals surface area contributed by atoms with Crippen molar-refractivity contribution in [3.63, 3.8) is 0 Å². The molecule has 0 atom stereocenters. The summed E-state index contributed by atoms with van der Waals surface area (Å²) in [5, 5.41) is 2.73. The van der Waals surface area contributed by atoms with E-state index in [0.29, 0.717) is 23.5 Å². The molecule has 1 aromatic rings. The van der Waals surface area contributed by atoms with Crippen LogP contribution in [-0.4, -0.2) is 47.2 Å². The van der Waals surface area contributed by atoms with Crippen molar-refractivity contribution in [3.8, 4) is 0 Å². The van der Waals surface area contributed by atoms with Crippen LogP contribution in [0.3, 0.4) is 0 Å². The number of anilines is 1. The number of carbonyl (C=O) groups excluding carboxylic acids is 3. The number of imide groups is 1. The van der Waals surface area contributed by atoms with Crippen molar-refractivity contribution in [3.05, 3.63) is 35.5 Å². The van der Waals surface area contributed by atoms with E-state index in [0.717, 1.165) is 57.2 Å². The van der Waals surface area contributed by atoms with Gasteiger partial charge in [-0.1, -0.05) is 38.3 Å².